The first kappa shape index (κ1) is 11.1. The molecule has 0 unspecified atom stereocenters. The molecule has 0 bridgehead atoms. The summed E-state index contributed by atoms with van der Waals surface area (Å²) < 4.78 is 5.08. The van der Waals surface area contributed by atoms with Crippen molar-refractivity contribution in [1.82, 2.24) is 4.98 Å². The molecule has 1 fully saturated rings. The van der Waals surface area contributed by atoms with Crippen LogP contribution in [-0.2, 0) is 0 Å². The molecule has 1 aromatic heterocycles. The predicted octanol–water partition coefficient (Wildman–Crippen LogP) is 2.85. The van der Waals surface area contributed by atoms with Crippen LogP contribution in [0, 0.1) is 5.92 Å². The summed E-state index contributed by atoms with van der Waals surface area (Å²) in [5, 5.41) is 0. The molecule has 0 amide bonds. The second kappa shape index (κ2) is 5.10. The number of ether oxygens (including phenoxy) is 1. The highest BCUT2D eigenvalue weighted by Crippen LogP contribution is 2.27. The van der Waals surface area contributed by atoms with E-state index in [1.54, 1.807) is 25.6 Å². The van der Waals surface area contributed by atoms with Crippen molar-refractivity contribution in [3.05, 3.63) is 24.0 Å². The van der Waals surface area contributed by atoms with Gasteiger partial charge in [0.15, 0.2) is 5.78 Å². The van der Waals surface area contributed by atoms with Crippen molar-refractivity contribution in [2.24, 2.45) is 5.92 Å². The molecule has 0 aromatic carbocycles. The third kappa shape index (κ3) is 2.40. The van der Waals surface area contributed by atoms with Gasteiger partial charge < -0.3 is 4.74 Å². The summed E-state index contributed by atoms with van der Waals surface area (Å²) in [5.41, 5.74) is 0.686. The van der Waals surface area contributed by atoms with Crippen LogP contribution in [0.5, 0.6) is 5.75 Å². The van der Waals surface area contributed by atoms with Crippen LogP contribution < -0.4 is 4.74 Å². The first-order valence-electron chi connectivity index (χ1n) is 5.84. The molecule has 0 N–H and O–H groups in total. The van der Waals surface area contributed by atoms with E-state index in [0.717, 1.165) is 12.8 Å². The van der Waals surface area contributed by atoms with Crippen molar-refractivity contribution in [3.63, 3.8) is 0 Å². The van der Waals surface area contributed by atoms with E-state index >= 15 is 0 Å². The summed E-state index contributed by atoms with van der Waals surface area (Å²) in [6, 6.07) is 1.78. The van der Waals surface area contributed by atoms with Crippen LogP contribution in [0.25, 0.3) is 0 Å². The fraction of sp³-hybridized carbons (Fsp3) is 0.538. The van der Waals surface area contributed by atoms with Crippen LogP contribution >= 0.6 is 0 Å². The Labute approximate surface area is 95.8 Å². The minimum Gasteiger partial charge on any atom is -0.495 e. The molecule has 0 spiro atoms. The molecule has 0 aliphatic heterocycles. The molecule has 0 saturated heterocycles. The largest absolute Gasteiger partial charge is 0.495 e. The number of carbonyl (C=O) groups is 1. The van der Waals surface area contributed by atoms with E-state index in [-0.39, 0.29) is 11.7 Å². The van der Waals surface area contributed by atoms with E-state index in [1.165, 1.54) is 19.3 Å². The SMILES string of the molecule is COc1cncc(C(=O)C2CCCCC2)c1. The second-order valence-corrected chi connectivity index (χ2v) is 4.31. The van der Waals surface area contributed by atoms with Gasteiger partial charge in [-0.2, -0.15) is 0 Å². The molecule has 0 radical (unpaired) electrons. The van der Waals surface area contributed by atoms with Gasteiger partial charge in [0, 0.05) is 17.7 Å². The minimum absolute atomic E-state index is 0.197. The van der Waals surface area contributed by atoms with Gasteiger partial charge in [-0.25, -0.2) is 0 Å². The van der Waals surface area contributed by atoms with Crippen molar-refractivity contribution < 1.29 is 9.53 Å². The Bertz CT molecular complexity index is 370. The van der Waals surface area contributed by atoms with Gasteiger partial charge in [-0.15, -0.1) is 0 Å². The van der Waals surface area contributed by atoms with Crippen molar-refractivity contribution in [2.45, 2.75) is 32.1 Å². The molecule has 3 nitrogen and oxygen atoms in total. The van der Waals surface area contributed by atoms with Crippen LogP contribution in [0.4, 0.5) is 0 Å². The Hall–Kier alpha value is -1.38. The van der Waals surface area contributed by atoms with Crippen LogP contribution in [0.3, 0.4) is 0 Å². The van der Waals surface area contributed by atoms with E-state index in [1.807, 2.05) is 0 Å². The lowest BCUT2D eigenvalue weighted by Gasteiger charge is -2.20. The van der Waals surface area contributed by atoms with Crippen LogP contribution in [-0.4, -0.2) is 17.9 Å². The lowest BCUT2D eigenvalue weighted by molar-refractivity contribution is 0.0889. The Morgan fingerprint density at radius 2 is 2.06 bits per heavy atom. The lowest BCUT2D eigenvalue weighted by atomic mass is 9.84. The zero-order chi connectivity index (χ0) is 11.4. The predicted molar refractivity (Wildman–Crippen MR) is 61.7 cm³/mol. The maximum absolute atomic E-state index is 12.2. The number of pyridine rings is 1. The van der Waals surface area contributed by atoms with Crippen molar-refractivity contribution in [1.29, 1.82) is 0 Å². The van der Waals surface area contributed by atoms with Gasteiger partial charge >= 0.3 is 0 Å². The van der Waals surface area contributed by atoms with Crippen molar-refractivity contribution in [2.75, 3.05) is 7.11 Å². The summed E-state index contributed by atoms with van der Waals surface area (Å²) in [5.74, 6) is 1.08. The summed E-state index contributed by atoms with van der Waals surface area (Å²) in [4.78, 5) is 16.2. The number of nitrogens with zero attached hydrogens (tertiary/aromatic N) is 1. The van der Waals surface area contributed by atoms with Crippen molar-refractivity contribution in [3.8, 4) is 5.75 Å². The summed E-state index contributed by atoms with van der Waals surface area (Å²) >= 11 is 0. The highest BCUT2D eigenvalue weighted by atomic mass is 16.5. The highest BCUT2D eigenvalue weighted by Gasteiger charge is 2.22. The molecule has 1 saturated carbocycles. The second-order valence-electron chi connectivity index (χ2n) is 4.31. The zero-order valence-electron chi connectivity index (χ0n) is 9.61. The standard InChI is InChI=1S/C13H17NO2/c1-16-12-7-11(8-14-9-12)13(15)10-5-3-2-4-6-10/h7-10H,2-6H2,1H3. The van der Waals surface area contributed by atoms with Gasteiger partial charge in [0.2, 0.25) is 0 Å². The Morgan fingerprint density at radius 1 is 1.31 bits per heavy atom. The first-order valence-corrected chi connectivity index (χ1v) is 5.84. The zero-order valence-corrected chi connectivity index (χ0v) is 9.61. The van der Waals surface area contributed by atoms with E-state index in [9.17, 15) is 4.79 Å². The van der Waals surface area contributed by atoms with Crippen molar-refractivity contribution >= 4 is 5.78 Å². The number of rotatable bonds is 3. The fourth-order valence-electron chi connectivity index (χ4n) is 2.27. The number of hydrogen-bond donors (Lipinski definition) is 0. The number of carbonyl (C=O) groups excluding carboxylic acids is 1. The Balaban J connectivity index is 2.12. The fourth-order valence-corrected chi connectivity index (χ4v) is 2.27. The highest BCUT2D eigenvalue weighted by molar-refractivity contribution is 5.97. The Kier molecular flexibility index (Phi) is 3.54. The smallest absolute Gasteiger partial charge is 0.167 e. The molecule has 1 heterocycles. The number of hydrogen-bond acceptors (Lipinski definition) is 3. The molecule has 1 aliphatic carbocycles. The topological polar surface area (TPSA) is 39.2 Å². The quantitative estimate of drug-likeness (QED) is 0.734. The maximum Gasteiger partial charge on any atom is 0.167 e. The van der Waals surface area contributed by atoms with Crippen LogP contribution in [0.2, 0.25) is 0 Å². The third-order valence-electron chi connectivity index (χ3n) is 3.21. The normalized spacial score (nSPS) is 17.1. The van der Waals surface area contributed by atoms with Crippen LogP contribution in [0.1, 0.15) is 42.5 Å². The summed E-state index contributed by atoms with van der Waals surface area (Å²) in [7, 11) is 1.59. The molecular formula is C13H17NO2. The van der Waals surface area contributed by atoms with E-state index in [4.69, 9.17) is 4.74 Å². The van der Waals surface area contributed by atoms with Gasteiger partial charge in [0.1, 0.15) is 5.75 Å². The van der Waals surface area contributed by atoms with Gasteiger partial charge in [-0.1, -0.05) is 19.3 Å². The average Bonchev–Trinajstić information content (AvgIpc) is 2.39. The van der Waals surface area contributed by atoms with E-state index < -0.39 is 0 Å². The van der Waals surface area contributed by atoms with Gasteiger partial charge in [0.05, 0.1) is 13.3 Å². The van der Waals surface area contributed by atoms with E-state index in [2.05, 4.69) is 4.98 Å². The monoisotopic (exact) mass is 219 g/mol. The van der Waals surface area contributed by atoms with Crippen LogP contribution in [0.15, 0.2) is 18.5 Å². The lowest BCUT2D eigenvalue weighted by Crippen LogP contribution is -2.18. The average molecular weight is 219 g/mol. The molecular weight excluding hydrogens is 202 g/mol. The van der Waals surface area contributed by atoms with Gasteiger partial charge in [0.25, 0.3) is 0 Å². The summed E-state index contributed by atoms with van der Waals surface area (Å²) in [6.07, 6.45) is 8.92. The Morgan fingerprint density at radius 3 is 2.75 bits per heavy atom. The molecule has 86 valence electrons. The number of Topliss-reactive ketones (excluding diaryl/α,β-unsaturated/α-hetero) is 1. The number of methoxy groups -OCH3 is 1. The maximum atomic E-state index is 12.2. The van der Waals surface area contributed by atoms with Gasteiger partial charge in [-0.3, -0.25) is 9.78 Å². The number of aromatic nitrogens is 1. The molecule has 0 atom stereocenters. The summed E-state index contributed by atoms with van der Waals surface area (Å²) in [6.45, 7) is 0. The first-order chi connectivity index (χ1) is 7.81. The molecule has 3 heteroatoms. The third-order valence-corrected chi connectivity index (χ3v) is 3.21. The van der Waals surface area contributed by atoms with Gasteiger partial charge in [-0.05, 0) is 18.9 Å². The molecule has 16 heavy (non-hydrogen) atoms. The van der Waals surface area contributed by atoms with E-state index in [0.29, 0.717) is 11.3 Å². The minimum atomic E-state index is 0.197. The molecule has 1 aromatic rings. The molecule has 2 rings (SSSR count). The molecule has 1 aliphatic rings. The number of ketones is 1.